The molecule has 7 rings (SSSR count). The Balaban J connectivity index is 1.25. The third kappa shape index (κ3) is 3.37. The minimum absolute atomic E-state index is 0.0782. The number of quaternary nitrogens is 1. The van der Waals surface area contributed by atoms with Gasteiger partial charge >= 0.3 is 0 Å². The lowest BCUT2D eigenvalue weighted by Crippen LogP contribution is -2.82. The molecule has 2 aromatic rings. The van der Waals surface area contributed by atoms with Crippen LogP contribution >= 0.6 is 0 Å². The number of phenolic OH excluding ortho intramolecular Hbond substituents is 1. The quantitative estimate of drug-likeness (QED) is 0.385. The summed E-state index contributed by atoms with van der Waals surface area (Å²) >= 11 is 0. The number of carbonyl (C=O) groups excluding carboxylic acids is 1. The number of rotatable bonds is 5. The number of carbonyl (C=O) groups is 1. The standard InChI is InChI=1S/C33H40N2O5/c1-19-5-8-23(21(3)20(19)2)10-12-28(37)34(4)25-13-14-33(38)27-17-24-9-11-26(36)30-29(24)32(33,31(25)40-30)15-16-35(27,39)18-22-6-7-22/h5,8-12,22,25,27,31,38-39H,6-7,13-18H2,1-4H3/p+1/b12-10+/t25-,27+,31-,32-,33+,35?/m0/s1. The first kappa shape index (κ1) is 26.1. The van der Waals surface area contributed by atoms with Crippen molar-refractivity contribution in [2.75, 3.05) is 20.1 Å². The molecule has 1 spiro atoms. The number of benzene rings is 2. The van der Waals surface area contributed by atoms with E-state index in [9.17, 15) is 20.2 Å². The lowest BCUT2D eigenvalue weighted by Gasteiger charge is -2.64. The summed E-state index contributed by atoms with van der Waals surface area (Å²) in [6, 6.07) is 7.11. The van der Waals surface area contributed by atoms with E-state index in [1.165, 1.54) is 11.1 Å². The number of aromatic hydroxyl groups is 1. The van der Waals surface area contributed by atoms with Crippen LogP contribution in [0.25, 0.3) is 6.08 Å². The minimum atomic E-state index is -1.18. The van der Waals surface area contributed by atoms with Crippen LogP contribution in [0.4, 0.5) is 0 Å². The van der Waals surface area contributed by atoms with Gasteiger partial charge in [-0.3, -0.25) is 4.79 Å². The first-order valence-corrected chi connectivity index (χ1v) is 14.9. The maximum Gasteiger partial charge on any atom is 0.246 e. The van der Waals surface area contributed by atoms with Gasteiger partial charge in [0.1, 0.15) is 24.8 Å². The summed E-state index contributed by atoms with van der Waals surface area (Å²) in [6.07, 6.45) is 7.44. The number of ether oxygens (including phenoxy) is 1. The van der Waals surface area contributed by atoms with E-state index in [1.807, 2.05) is 25.3 Å². The molecule has 1 amide bonds. The average Bonchev–Trinajstić information content (AvgIpc) is 3.66. The highest BCUT2D eigenvalue weighted by Gasteiger charge is 2.77. The summed E-state index contributed by atoms with van der Waals surface area (Å²) in [5.74, 6) is 0.934. The van der Waals surface area contributed by atoms with E-state index in [2.05, 4.69) is 26.8 Å². The maximum atomic E-state index is 13.6. The maximum absolute atomic E-state index is 13.6. The monoisotopic (exact) mass is 545 g/mol. The molecule has 7 heteroatoms. The van der Waals surface area contributed by atoms with Crippen molar-refractivity contribution in [1.82, 2.24) is 4.90 Å². The molecule has 5 aliphatic rings. The summed E-state index contributed by atoms with van der Waals surface area (Å²) < 4.78 is 6.52. The third-order valence-electron chi connectivity index (χ3n) is 11.4. The fraction of sp³-hybridized carbons (Fsp3) is 0.545. The minimum Gasteiger partial charge on any atom is -0.504 e. The summed E-state index contributed by atoms with van der Waals surface area (Å²) in [6.45, 7) is 7.49. The smallest absolute Gasteiger partial charge is 0.246 e. The van der Waals surface area contributed by atoms with Gasteiger partial charge in [0, 0.05) is 37.4 Å². The lowest BCUT2D eigenvalue weighted by atomic mass is 9.48. The van der Waals surface area contributed by atoms with Crippen molar-refractivity contribution in [2.24, 2.45) is 5.92 Å². The fourth-order valence-electron chi connectivity index (χ4n) is 8.75. The molecule has 3 aliphatic carbocycles. The molecule has 212 valence electrons. The van der Waals surface area contributed by atoms with Gasteiger partial charge in [0.15, 0.2) is 17.5 Å². The second-order valence-electron chi connectivity index (χ2n) is 13.3. The molecule has 3 fully saturated rings. The van der Waals surface area contributed by atoms with E-state index >= 15 is 0 Å². The Morgan fingerprint density at radius 3 is 2.65 bits per heavy atom. The van der Waals surface area contributed by atoms with Gasteiger partial charge < -0.3 is 19.8 Å². The van der Waals surface area contributed by atoms with Gasteiger partial charge in [0.2, 0.25) is 5.91 Å². The van der Waals surface area contributed by atoms with Crippen LogP contribution in [-0.4, -0.2) is 74.8 Å². The highest BCUT2D eigenvalue weighted by atomic mass is 16.6. The predicted octanol–water partition coefficient (Wildman–Crippen LogP) is 4.33. The van der Waals surface area contributed by atoms with E-state index in [-0.39, 0.29) is 28.4 Å². The zero-order valence-corrected chi connectivity index (χ0v) is 24.0. The summed E-state index contributed by atoms with van der Waals surface area (Å²) in [5.41, 5.74) is 4.63. The third-order valence-corrected chi connectivity index (χ3v) is 11.4. The fourth-order valence-corrected chi connectivity index (χ4v) is 8.75. The van der Waals surface area contributed by atoms with Crippen molar-refractivity contribution >= 4 is 12.0 Å². The molecule has 7 nitrogen and oxygen atoms in total. The number of aliphatic hydroxyl groups is 1. The topological polar surface area (TPSA) is 90.2 Å². The van der Waals surface area contributed by atoms with E-state index in [0.29, 0.717) is 50.4 Å². The SMILES string of the molecule is Cc1ccc(/C=C/C(=O)N(C)[C@H]2CC[C@@]3(O)[C@H]4Cc5ccc(O)c6c5[C@@]3(CC[N+]4(O)CC3CC3)[C@H]2O6)c(C)c1C. The molecule has 2 saturated carbocycles. The molecular weight excluding hydrogens is 504 g/mol. The number of likely N-dealkylation sites (tertiary alicyclic amines) is 1. The first-order valence-electron chi connectivity index (χ1n) is 14.9. The molecule has 0 aromatic heterocycles. The molecule has 2 bridgehead atoms. The molecule has 2 heterocycles. The molecule has 2 aromatic carbocycles. The van der Waals surface area contributed by atoms with Crippen LogP contribution in [0, 0.1) is 26.7 Å². The van der Waals surface area contributed by atoms with Gasteiger partial charge in [-0.1, -0.05) is 18.2 Å². The Bertz CT molecular complexity index is 1450. The first-order chi connectivity index (χ1) is 19.0. The second kappa shape index (κ2) is 8.57. The van der Waals surface area contributed by atoms with E-state index in [1.54, 1.807) is 17.0 Å². The van der Waals surface area contributed by atoms with E-state index in [0.717, 1.165) is 35.1 Å². The van der Waals surface area contributed by atoms with Crippen molar-refractivity contribution in [2.45, 2.75) is 88.5 Å². The number of hydrogen-bond donors (Lipinski definition) is 3. The van der Waals surface area contributed by atoms with Gasteiger partial charge in [0.05, 0.1) is 11.5 Å². The predicted molar refractivity (Wildman–Crippen MR) is 151 cm³/mol. The number of aryl methyl sites for hydroxylation is 1. The number of nitrogens with zero attached hydrogens (tertiary/aromatic N) is 2. The molecule has 1 unspecified atom stereocenters. The molecule has 2 aliphatic heterocycles. The van der Waals surface area contributed by atoms with Crippen LogP contribution in [0.2, 0.25) is 0 Å². The highest BCUT2D eigenvalue weighted by Crippen LogP contribution is 2.66. The van der Waals surface area contributed by atoms with Crippen LogP contribution in [0.5, 0.6) is 11.5 Å². The Hall–Kier alpha value is -2.87. The van der Waals surface area contributed by atoms with E-state index < -0.39 is 17.1 Å². The number of phenols is 1. The number of hydrogen-bond acceptors (Lipinski definition) is 5. The van der Waals surface area contributed by atoms with Gasteiger partial charge in [0.25, 0.3) is 0 Å². The Morgan fingerprint density at radius 2 is 1.90 bits per heavy atom. The van der Waals surface area contributed by atoms with Crippen molar-refractivity contribution < 1.29 is 29.6 Å². The summed E-state index contributed by atoms with van der Waals surface area (Å²) in [4.78, 5) is 15.3. The van der Waals surface area contributed by atoms with E-state index in [4.69, 9.17) is 4.74 Å². The molecule has 0 radical (unpaired) electrons. The molecular formula is C33H41N2O5+. The highest BCUT2D eigenvalue weighted by molar-refractivity contribution is 5.92. The van der Waals surface area contributed by atoms with Crippen molar-refractivity contribution in [3.05, 3.63) is 63.7 Å². The van der Waals surface area contributed by atoms with Gasteiger partial charge in [-0.05, 0) is 86.4 Å². The normalized spacial score (nSPS) is 35.4. The largest absolute Gasteiger partial charge is 0.504 e. The van der Waals surface area contributed by atoms with Crippen LogP contribution in [-0.2, 0) is 16.6 Å². The van der Waals surface area contributed by atoms with Crippen LogP contribution < -0.4 is 4.74 Å². The number of hydroxylamine groups is 3. The van der Waals surface area contributed by atoms with Crippen LogP contribution in [0.15, 0.2) is 30.3 Å². The Morgan fingerprint density at radius 1 is 1.12 bits per heavy atom. The lowest BCUT2D eigenvalue weighted by molar-refractivity contribution is -1.13. The summed E-state index contributed by atoms with van der Waals surface area (Å²) in [7, 11) is 1.82. The van der Waals surface area contributed by atoms with Gasteiger partial charge in [-0.2, -0.15) is 4.65 Å². The van der Waals surface area contributed by atoms with Gasteiger partial charge in [-0.25, -0.2) is 5.21 Å². The number of likely N-dealkylation sites (N-methyl/N-ethyl adjacent to an activating group) is 1. The van der Waals surface area contributed by atoms with Crippen molar-refractivity contribution in [3.8, 4) is 11.5 Å². The van der Waals surface area contributed by atoms with Crippen molar-refractivity contribution in [1.29, 1.82) is 0 Å². The zero-order valence-electron chi connectivity index (χ0n) is 24.0. The van der Waals surface area contributed by atoms with Crippen LogP contribution in [0.1, 0.15) is 65.5 Å². The molecule has 1 saturated heterocycles. The number of piperidine rings is 1. The molecule has 40 heavy (non-hydrogen) atoms. The van der Waals surface area contributed by atoms with Gasteiger partial charge in [-0.15, -0.1) is 0 Å². The molecule has 3 N–H and O–H groups in total. The Labute approximate surface area is 236 Å². The Kier molecular flexibility index (Phi) is 5.58. The second-order valence-corrected chi connectivity index (χ2v) is 13.3. The zero-order chi connectivity index (χ0) is 28.2. The average molecular weight is 546 g/mol. The summed E-state index contributed by atoms with van der Waals surface area (Å²) in [5, 5.41) is 35.6. The number of amides is 1. The van der Waals surface area contributed by atoms with Crippen LogP contribution in [0.3, 0.4) is 0 Å². The van der Waals surface area contributed by atoms with Crippen molar-refractivity contribution in [3.63, 3.8) is 0 Å². The molecule has 6 atom stereocenters.